The molecule has 0 unspecified atom stereocenters. The highest BCUT2D eigenvalue weighted by Crippen LogP contribution is 2.30. The molecule has 0 radical (unpaired) electrons. The molecule has 1 heteroatoms. The molecule has 1 atom stereocenters. The topological polar surface area (TPSA) is 9.23 Å². The molecule has 1 aromatic carbocycles. The molecule has 0 amide bonds. The van der Waals surface area contributed by atoms with Crippen LogP contribution in [0.2, 0.25) is 0 Å². The first kappa shape index (κ1) is 11.7. The Morgan fingerprint density at radius 2 is 1.94 bits per heavy atom. The molecule has 2 rings (SSSR count). The van der Waals surface area contributed by atoms with Crippen molar-refractivity contribution in [3.05, 3.63) is 34.9 Å². The summed E-state index contributed by atoms with van der Waals surface area (Å²) in [5.41, 5.74) is 4.44. The molecule has 1 aromatic rings. The van der Waals surface area contributed by atoms with E-state index in [1.165, 1.54) is 11.1 Å². The molecule has 1 nitrogen and oxygen atoms in total. The van der Waals surface area contributed by atoms with Crippen LogP contribution in [0, 0.1) is 5.92 Å². The minimum atomic E-state index is 0.396. The van der Waals surface area contributed by atoms with Crippen molar-refractivity contribution in [1.82, 2.24) is 0 Å². The van der Waals surface area contributed by atoms with Crippen LogP contribution in [0.3, 0.4) is 0 Å². The van der Waals surface area contributed by atoms with Crippen LogP contribution in [-0.2, 0) is 17.8 Å². The molecule has 16 heavy (non-hydrogen) atoms. The fourth-order valence-electron chi connectivity index (χ4n) is 2.46. The van der Waals surface area contributed by atoms with Gasteiger partial charge in [-0.1, -0.05) is 45.9 Å². The highest BCUT2D eigenvalue weighted by molar-refractivity contribution is 5.38. The van der Waals surface area contributed by atoms with Gasteiger partial charge in [-0.25, -0.2) is 0 Å². The molecule has 0 aliphatic carbocycles. The molecule has 1 aliphatic rings. The lowest BCUT2D eigenvalue weighted by Gasteiger charge is -2.30. The number of benzene rings is 1. The molecule has 0 bridgehead atoms. The minimum absolute atomic E-state index is 0.396. The third kappa shape index (κ3) is 2.15. The summed E-state index contributed by atoms with van der Waals surface area (Å²) < 4.78 is 5.90. The maximum atomic E-state index is 5.90. The summed E-state index contributed by atoms with van der Waals surface area (Å²) in [5.74, 6) is 1.22. The van der Waals surface area contributed by atoms with Gasteiger partial charge < -0.3 is 4.74 Å². The zero-order valence-corrected chi connectivity index (χ0v) is 10.8. The summed E-state index contributed by atoms with van der Waals surface area (Å²) in [7, 11) is 0. The van der Waals surface area contributed by atoms with Crippen molar-refractivity contribution in [2.75, 3.05) is 0 Å². The smallest absolute Gasteiger partial charge is 0.0723 e. The molecular formula is C15H22O. The molecule has 0 saturated heterocycles. The lowest BCUT2D eigenvalue weighted by molar-refractivity contribution is -0.000590. The van der Waals surface area contributed by atoms with Crippen molar-refractivity contribution in [2.24, 2.45) is 5.92 Å². The van der Waals surface area contributed by atoms with E-state index in [4.69, 9.17) is 4.74 Å². The highest BCUT2D eigenvalue weighted by Gasteiger charge is 2.24. The number of ether oxygens (including phenoxy) is 1. The van der Waals surface area contributed by atoms with Crippen molar-refractivity contribution < 1.29 is 4.74 Å². The Balaban J connectivity index is 2.34. The van der Waals surface area contributed by atoms with Gasteiger partial charge in [-0.2, -0.15) is 0 Å². The Morgan fingerprint density at radius 3 is 2.56 bits per heavy atom. The van der Waals surface area contributed by atoms with E-state index in [1.807, 2.05) is 0 Å². The largest absolute Gasteiger partial charge is 0.373 e. The molecule has 0 N–H and O–H groups in total. The maximum absolute atomic E-state index is 5.90. The van der Waals surface area contributed by atoms with E-state index >= 15 is 0 Å². The van der Waals surface area contributed by atoms with Crippen LogP contribution < -0.4 is 0 Å². The van der Waals surface area contributed by atoms with Crippen LogP contribution >= 0.6 is 0 Å². The zero-order valence-electron chi connectivity index (χ0n) is 10.8. The molecule has 88 valence electrons. The summed E-state index contributed by atoms with van der Waals surface area (Å²) in [6.45, 7) is 9.82. The van der Waals surface area contributed by atoms with Gasteiger partial charge in [-0.3, -0.25) is 0 Å². The van der Waals surface area contributed by atoms with Gasteiger partial charge >= 0.3 is 0 Å². The Labute approximate surface area is 98.8 Å². The summed E-state index contributed by atoms with van der Waals surface area (Å²) in [6.07, 6.45) is 1.48. The lowest BCUT2D eigenvalue weighted by Crippen LogP contribution is -2.28. The van der Waals surface area contributed by atoms with E-state index in [-0.39, 0.29) is 0 Å². The van der Waals surface area contributed by atoms with E-state index < -0.39 is 0 Å². The van der Waals surface area contributed by atoms with Gasteiger partial charge in [0, 0.05) is 0 Å². The van der Waals surface area contributed by atoms with Gasteiger partial charge in [0.15, 0.2) is 0 Å². The van der Waals surface area contributed by atoms with Crippen LogP contribution in [0.15, 0.2) is 18.2 Å². The average Bonchev–Trinajstić information content (AvgIpc) is 2.27. The van der Waals surface area contributed by atoms with Crippen LogP contribution in [0.5, 0.6) is 0 Å². The maximum Gasteiger partial charge on any atom is 0.0723 e. The molecule has 0 aromatic heterocycles. The lowest BCUT2D eigenvalue weighted by atomic mass is 9.86. The van der Waals surface area contributed by atoms with Gasteiger partial charge in [-0.15, -0.1) is 0 Å². The van der Waals surface area contributed by atoms with Crippen LogP contribution in [0.25, 0.3) is 0 Å². The quantitative estimate of drug-likeness (QED) is 0.731. The third-order valence-corrected chi connectivity index (χ3v) is 3.53. The normalized spacial score (nSPS) is 20.2. The number of rotatable bonds is 2. The molecule has 0 fully saturated rings. The second-order valence-electron chi connectivity index (χ2n) is 5.44. The Bertz CT molecular complexity index is 366. The summed E-state index contributed by atoms with van der Waals surface area (Å²) in [4.78, 5) is 0. The van der Waals surface area contributed by atoms with Crippen molar-refractivity contribution in [3.8, 4) is 0 Å². The van der Waals surface area contributed by atoms with Crippen molar-refractivity contribution in [3.63, 3.8) is 0 Å². The Kier molecular flexibility index (Phi) is 3.34. The molecule has 0 spiro atoms. The third-order valence-electron chi connectivity index (χ3n) is 3.53. The van der Waals surface area contributed by atoms with Crippen LogP contribution in [-0.4, -0.2) is 6.10 Å². The first-order chi connectivity index (χ1) is 7.59. The summed E-state index contributed by atoms with van der Waals surface area (Å²) in [5, 5.41) is 0. The Hall–Kier alpha value is -0.820. The fraction of sp³-hybridized carbons (Fsp3) is 0.600. The highest BCUT2D eigenvalue weighted by atomic mass is 16.5. The van der Waals surface area contributed by atoms with E-state index in [2.05, 4.69) is 45.9 Å². The number of fused-ring (bicyclic) bond motifs is 1. The van der Waals surface area contributed by atoms with E-state index in [0.717, 1.165) is 13.0 Å². The minimum Gasteiger partial charge on any atom is -0.373 e. The first-order valence-electron chi connectivity index (χ1n) is 6.32. The average molecular weight is 218 g/mol. The first-order valence-corrected chi connectivity index (χ1v) is 6.32. The predicted octanol–water partition coefficient (Wildman–Crippen LogP) is 3.91. The van der Waals surface area contributed by atoms with Crippen molar-refractivity contribution in [2.45, 2.75) is 52.7 Å². The van der Waals surface area contributed by atoms with Gasteiger partial charge in [0.05, 0.1) is 12.7 Å². The monoisotopic (exact) mass is 218 g/mol. The zero-order chi connectivity index (χ0) is 11.7. The second-order valence-corrected chi connectivity index (χ2v) is 5.44. The van der Waals surface area contributed by atoms with E-state index in [0.29, 0.717) is 17.9 Å². The number of hydrogen-bond donors (Lipinski definition) is 0. The molecule has 1 aliphatic heterocycles. The Morgan fingerprint density at radius 1 is 1.19 bits per heavy atom. The standard InChI is InChI=1S/C15H22O/c1-10(2)13-7-5-6-12-9-16-15(11(3)4)8-14(12)13/h5-7,10-11,15H,8-9H2,1-4H3/t15-/m0/s1. The van der Waals surface area contributed by atoms with Gasteiger partial charge in [0.25, 0.3) is 0 Å². The second kappa shape index (κ2) is 4.58. The van der Waals surface area contributed by atoms with Gasteiger partial charge in [0.2, 0.25) is 0 Å². The van der Waals surface area contributed by atoms with E-state index in [1.54, 1.807) is 5.56 Å². The van der Waals surface area contributed by atoms with E-state index in [9.17, 15) is 0 Å². The van der Waals surface area contributed by atoms with Gasteiger partial charge in [-0.05, 0) is 34.9 Å². The number of hydrogen-bond acceptors (Lipinski definition) is 1. The molecule has 0 saturated carbocycles. The summed E-state index contributed by atoms with van der Waals surface area (Å²) in [6, 6.07) is 6.64. The fourth-order valence-corrected chi connectivity index (χ4v) is 2.46. The predicted molar refractivity (Wildman–Crippen MR) is 67.7 cm³/mol. The van der Waals surface area contributed by atoms with Crippen molar-refractivity contribution >= 4 is 0 Å². The molecule has 1 heterocycles. The summed E-state index contributed by atoms with van der Waals surface area (Å²) >= 11 is 0. The van der Waals surface area contributed by atoms with Gasteiger partial charge in [0.1, 0.15) is 0 Å². The van der Waals surface area contributed by atoms with Crippen LogP contribution in [0.1, 0.15) is 50.3 Å². The molecular weight excluding hydrogens is 196 g/mol. The SMILES string of the molecule is CC(C)c1cccc2c1C[C@@H](C(C)C)OC2. The van der Waals surface area contributed by atoms with Crippen LogP contribution in [0.4, 0.5) is 0 Å². The van der Waals surface area contributed by atoms with Crippen molar-refractivity contribution in [1.29, 1.82) is 0 Å².